The highest BCUT2D eigenvalue weighted by molar-refractivity contribution is 7.89. The van der Waals surface area contributed by atoms with E-state index >= 15 is 0 Å². The van der Waals surface area contributed by atoms with Gasteiger partial charge in [0.1, 0.15) is 11.5 Å². The fourth-order valence-corrected chi connectivity index (χ4v) is 4.48. The predicted octanol–water partition coefficient (Wildman–Crippen LogP) is 2.11. The van der Waals surface area contributed by atoms with E-state index in [9.17, 15) is 8.42 Å². The third kappa shape index (κ3) is 3.87. The highest BCUT2D eigenvalue weighted by Gasteiger charge is 2.29. The van der Waals surface area contributed by atoms with Crippen LogP contribution < -0.4 is 9.47 Å². The Kier molecular flexibility index (Phi) is 5.55. The Morgan fingerprint density at radius 3 is 2.27 bits per heavy atom. The molecular weight excluding hydrogens is 356 g/mol. The normalized spacial score (nSPS) is 16.6. The molecule has 2 aromatic rings. The van der Waals surface area contributed by atoms with Crippen LogP contribution in [-0.4, -0.2) is 58.0 Å². The Bertz CT molecular complexity index is 854. The van der Waals surface area contributed by atoms with Crippen LogP contribution in [0.1, 0.15) is 11.5 Å². The van der Waals surface area contributed by atoms with E-state index in [1.54, 1.807) is 12.1 Å². The number of nitrogens with zero attached hydrogens (tertiary/aromatic N) is 2. The number of sulfonamides is 1. The van der Waals surface area contributed by atoms with Gasteiger partial charge in [-0.25, -0.2) is 8.42 Å². The second kappa shape index (κ2) is 7.69. The van der Waals surface area contributed by atoms with Gasteiger partial charge in [0.25, 0.3) is 0 Å². The molecule has 1 fully saturated rings. The summed E-state index contributed by atoms with van der Waals surface area (Å²) in [5.41, 5.74) is 0. The molecule has 0 radical (unpaired) electrons. The first kappa shape index (κ1) is 18.8. The van der Waals surface area contributed by atoms with Crippen LogP contribution in [0.25, 0.3) is 0 Å². The topological polar surface area (TPSA) is 72.2 Å². The van der Waals surface area contributed by atoms with Gasteiger partial charge < -0.3 is 13.9 Å². The lowest BCUT2D eigenvalue weighted by Gasteiger charge is -2.33. The summed E-state index contributed by atoms with van der Waals surface area (Å²) in [7, 11) is -0.555. The lowest BCUT2D eigenvalue weighted by atomic mass is 10.3. The van der Waals surface area contributed by atoms with Gasteiger partial charge in [0, 0.05) is 32.2 Å². The van der Waals surface area contributed by atoms with E-state index in [0.717, 1.165) is 11.5 Å². The van der Waals surface area contributed by atoms with Crippen molar-refractivity contribution in [2.24, 2.45) is 0 Å². The average molecular weight is 380 g/mol. The van der Waals surface area contributed by atoms with Crippen molar-refractivity contribution in [3.05, 3.63) is 41.9 Å². The molecule has 0 unspecified atom stereocenters. The maximum Gasteiger partial charge on any atom is 0.243 e. The van der Waals surface area contributed by atoms with E-state index in [1.807, 2.05) is 19.1 Å². The van der Waals surface area contributed by atoms with E-state index in [2.05, 4.69) is 4.90 Å². The number of furan rings is 1. The molecule has 1 aromatic carbocycles. The van der Waals surface area contributed by atoms with E-state index in [4.69, 9.17) is 13.9 Å². The fourth-order valence-electron chi connectivity index (χ4n) is 3.04. The van der Waals surface area contributed by atoms with Gasteiger partial charge in [-0.3, -0.25) is 4.90 Å². The number of ether oxygens (including phenoxy) is 2. The summed E-state index contributed by atoms with van der Waals surface area (Å²) in [5.74, 6) is 2.69. The molecule has 1 saturated heterocycles. The highest BCUT2D eigenvalue weighted by Crippen LogP contribution is 2.31. The Hall–Kier alpha value is -2.03. The van der Waals surface area contributed by atoms with Crippen molar-refractivity contribution in [2.45, 2.75) is 18.4 Å². The summed E-state index contributed by atoms with van der Waals surface area (Å²) in [6, 6.07) is 8.57. The van der Waals surface area contributed by atoms with E-state index in [1.165, 1.54) is 24.6 Å². The third-order valence-corrected chi connectivity index (χ3v) is 6.39. The first-order valence-electron chi connectivity index (χ1n) is 8.44. The lowest BCUT2D eigenvalue weighted by Crippen LogP contribution is -2.48. The zero-order chi connectivity index (χ0) is 18.7. The van der Waals surface area contributed by atoms with Crippen LogP contribution >= 0.6 is 0 Å². The number of methoxy groups -OCH3 is 2. The lowest BCUT2D eigenvalue weighted by molar-refractivity contribution is 0.170. The number of rotatable bonds is 6. The molecule has 3 rings (SSSR count). The Labute approximate surface area is 154 Å². The second-order valence-corrected chi connectivity index (χ2v) is 8.15. The number of hydrogen-bond donors (Lipinski definition) is 0. The summed E-state index contributed by atoms with van der Waals surface area (Å²) >= 11 is 0. The summed E-state index contributed by atoms with van der Waals surface area (Å²) < 4.78 is 43.3. The summed E-state index contributed by atoms with van der Waals surface area (Å²) in [4.78, 5) is 2.41. The van der Waals surface area contributed by atoms with Crippen LogP contribution in [0.2, 0.25) is 0 Å². The standard InChI is InChI=1S/C18H24N2O5S/c1-14-4-5-15(25-14)13-19-8-10-20(11-9-19)26(21,22)16-6-7-17(23-2)18(12-16)24-3/h4-7,12H,8-11,13H2,1-3H3. The molecule has 1 aliphatic rings. The fraction of sp³-hybridized carbons (Fsp3) is 0.444. The molecule has 0 atom stereocenters. The molecule has 0 aliphatic carbocycles. The van der Waals surface area contributed by atoms with Crippen LogP contribution in [0.4, 0.5) is 0 Å². The van der Waals surface area contributed by atoms with Crippen molar-refractivity contribution < 1.29 is 22.3 Å². The molecule has 7 nitrogen and oxygen atoms in total. The minimum Gasteiger partial charge on any atom is -0.493 e. The van der Waals surface area contributed by atoms with Gasteiger partial charge in [-0.05, 0) is 31.2 Å². The van der Waals surface area contributed by atoms with Crippen LogP contribution in [-0.2, 0) is 16.6 Å². The molecule has 1 aromatic heterocycles. The summed E-state index contributed by atoms with van der Waals surface area (Å²) in [6.45, 7) is 4.81. The maximum absolute atomic E-state index is 12.9. The molecule has 1 aliphatic heterocycles. The average Bonchev–Trinajstić information content (AvgIpc) is 3.06. The number of aryl methyl sites for hydroxylation is 1. The summed E-state index contributed by atoms with van der Waals surface area (Å²) in [5, 5.41) is 0. The molecule has 0 bridgehead atoms. The number of hydrogen-bond acceptors (Lipinski definition) is 6. The quantitative estimate of drug-likeness (QED) is 0.764. The van der Waals surface area contributed by atoms with Crippen molar-refractivity contribution in [3.63, 3.8) is 0 Å². The van der Waals surface area contributed by atoms with Crippen LogP contribution in [0.5, 0.6) is 11.5 Å². The van der Waals surface area contributed by atoms with Crippen molar-refractivity contribution in [1.29, 1.82) is 0 Å². The highest BCUT2D eigenvalue weighted by atomic mass is 32.2. The Morgan fingerprint density at radius 2 is 1.69 bits per heavy atom. The van der Waals surface area contributed by atoms with Crippen LogP contribution in [0.15, 0.2) is 39.6 Å². The van der Waals surface area contributed by atoms with E-state index in [-0.39, 0.29) is 4.90 Å². The molecule has 0 amide bonds. The van der Waals surface area contributed by atoms with Gasteiger partial charge in [0.15, 0.2) is 11.5 Å². The van der Waals surface area contributed by atoms with Gasteiger partial charge in [-0.2, -0.15) is 4.31 Å². The zero-order valence-corrected chi connectivity index (χ0v) is 16.1. The van der Waals surface area contributed by atoms with E-state index in [0.29, 0.717) is 44.2 Å². The molecule has 142 valence electrons. The molecule has 0 spiro atoms. The maximum atomic E-state index is 12.9. The second-order valence-electron chi connectivity index (χ2n) is 6.21. The molecule has 26 heavy (non-hydrogen) atoms. The largest absolute Gasteiger partial charge is 0.493 e. The molecule has 8 heteroatoms. The Morgan fingerprint density at radius 1 is 1.00 bits per heavy atom. The monoisotopic (exact) mass is 380 g/mol. The predicted molar refractivity (Wildman–Crippen MR) is 97.0 cm³/mol. The van der Waals surface area contributed by atoms with Crippen LogP contribution in [0, 0.1) is 6.92 Å². The SMILES string of the molecule is COc1ccc(S(=O)(=O)N2CCN(Cc3ccc(C)o3)CC2)cc1OC. The smallest absolute Gasteiger partial charge is 0.243 e. The van der Waals surface area contributed by atoms with Crippen molar-refractivity contribution in [1.82, 2.24) is 9.21 Å². The van der Waals surface area contributed by atoms with Crippen molar-refractivity contribution in [3.8, 4) is 11.5 Å². The molecule has 2 heterocycles. The van der Waals surface area contributed by atoms with Crippen molar-refractivity contribution in [2.75, 3.05) is 40.4 Å². The number of benzene rings is 1. The number of piperazine rings is 1. The first-order chi connectivity index (χ1) is 12.4. The van der Waals surface area contributed by atoms with Gasteiger partial charge in [0.05, 0.1) is 25.7 Å². The Balaban J connectivity index is 1.68. The molecular formula is C18H24N2O5S. The minimum absolute atomic E-state index is 0.213. The van der Waals surface area contributed by atoms with E-state index < -0.39 is 10.0 Å². The van der Waals surface area contributed by atoms with Gasteiger partial charge in [-0.1, -0.05) is 0 Å². The van der Waals surface area contributed by atoms with Crippen molar-refractivity contribution >= 4 is 10.0 Å². The van der Waals surface area contributed by atoms with Gasteiger partial charge in [0.2, 0.25) is 10.0 Å². The molecule has 0 saturated carbocycles. The minimum atomic E-state index is -3.56. The zero-order valence-electron chi connectivity index (χ0n) is 15.3. The van der Waals surface area contributed by atoms with Crippen LogP contribution in [0.3, 0.4) is 0 Å². The van der Waals surface area contributed by atoms with Gasteiger partial charge >= 0.3 is 0 Å². The first-order valence-corrected chi connectivity index (χ1v) is 9.88. The van der Waals surface area contributed by atoms with Gasteiger partial charge in [-0.15, -0.1) is 0 Å². The summed E-state index contributed by atoms with van der Waals surface area (Å²) in [6.07, 6.45) is 0. The third-order valence-electron chi connectivity index (χ3n) is 4.50. The molecule has 0 N–H and O–H groups in total.